The largest absolute Gasteiger partial charge is 0.316 e. The van der Waals surface area contributed by atoms with Gasteiger partial charge in [0.15, 0.2) is 0 Å². The molecule has 0 amide bonds. The first-order valence-corrected chi connectivity index (χ1v) is 7.40. The lowest BCUT2D eigenvalue weighted by molar-refractivity contribution is 0.536. The molecule has 0 spiro atoms. The standard InChI is InChI=1S/C16H17F2NS/c1-11-5-3-4-6-13(11)10-20-16-14(17)7-12(9-19-2)8-15(16)18/h3-8,19H,9-10H2,1-2H3. The fraction of sp³-hybridized carbons (Fsp3) is 0.250. The summed E-state index contributed by atoms with van der Waals surface area (Å²) < 4.78 is 27.9. The Morgan fingerprint density at radius 1 is 1.10 bits per heavy atom. The topological polar surface area (TPSA) is 12.0 Å². The molecule has 4 heteroatoms. The van der Waals surface area contributed by atoms with E-state index in [1.54, 1.807) is 7.05 Å². The van der Waals surface area contributed by atoms with E-state index in [2.05, 4.69) is 5.32 Å². The molecule has 2 aromatic rings. The Bertz CT molecular complexity index is 576. The van der Waals surface area contributed by atoms with Crippen molar-refractivity contribution < 1.29 is 8.78 Å². The molecular formula is C16H17F2NS. The Hall–Kier alpha value is -1.39. The highest BCUT2D eigenvalue weighted by Crippen LogP contribution is 2.30. The zero-order valence-corrected chi connectivity index (χ0v) is 12.4. The van der Waals surface area contributed by atoms with Crippen LogP contribution in [0.5, 0.6) is 0 Å². The molecular weight excluding hydrogens is 276 g/mol. The first-order chi connectivity index (χ1) is 9.61. The van der Waals surface area contributed by atoms with Gasteiger partial charge in [-0.05, 0) is 42.8 Å². The van der Waals surface area contributed by atoms with Gasteiger partial charge in [0.05, 0.1) is 4.90 Å². The lowest BCUT2D eigenvalue weighted by Gasteiger charge is -2.09. The van der Waals surface area contributed by atoms with Gasteiger partial charge in [-0.2, -0.15) is 0 Å². The predicted molar refractivity (Wildman–Crippen MR) is 79.9 cm³/mol. The normalized spacial score (nSPS) is 10.8. The molecule has 2 aromatic carbocycles. The van der Waals surface area contributed by atoms with Crippen molar-refractivity contribution in [3.63, 3.8) is 0 Å². The van der Waals surface area contributed by atoms with Crippen LogP contribution in [0, 0.1) is 18.6 Å². The maximum atomic E-state index is 13.9. The number of rotatable bonds is 5. The number of nitrogens with one attached hydrogen (secondary N) is 1. The zero-order chi connectivity index (χ0) is 14.5. The van der Waals surface area contributed by atoms with Crippen molar-refractivity contribution in [2.24, 2.45) is 0 Å². The maximum Gasteiger partial charge on any atom is 0.140 e. The summed E-state index contributed by atoms with van der Waals surface area (Å²) in [4.78, 5) is 0.0908. The minimum absolute atomic E-state index is 0.0908. The van der Waals surface area contributed by atoms with Crippen LogP contribution >= 0.6 is 11.8 Å². The number of aryl methyl sites for hydroxylation is 1. The molecule has 0 radical (unpaired) electrons. The van der Waals surface area contributed by atoms with Gasteiger partial charge < -0.3 is 5.32 Å². The highest BCUT2D eigenvalue weighted by molar-refractivity contribution is 7.98. The molecule has 0 aromatic heterocycles. The second-order valence-electron chi connectivity index (χ2n) is 4.63. The minimum Gasteiger partial charge on any atom is -0.316 e. The third-order valence-electron chi connectivity index (χ3n) is 3.07. The van der Waals surface area contributed by atoms with Gasteiger partial charge in [-0.3, -0.25) is 0 Å². The number of hydrogen-bond donors (Lipinski definition) is 1. The third-order valence-corrected chi connectivity index (χ3v) is 4.21. The molecule has 0 atom stereocenters. The SMILES string of the molecule is CNCc1cc(F)c(SCc2ccccc2C)c(F)c1. The lowest BCUT2D eigenvalue weighted by atomic mass is 10.1. The summed E-state index contributed by atoms with van der Waals surface area (Å²) in [7, 11) is 1.75. The van der Waals surface area contributed by atoms with E-state index in [-0.39, 0.29) is 4.90 Å². The van der Waals surface area contributed by atoms with E-state index < -0.39 is 11.6 Å². The van der Waals surface area contributed by atoms with Crippen molar-refractivity contribution in [3.8, 4) is 0 Å². The molecule has 0 saturated carbocycles. The van der Waals surface area contributed by atoms with Gasteiger partial charge in [-0.1, -0.05) is 24.3 Å². The summed E-state index contributed by atoms with van der Waals surface area (Å²) >= 11 is 1.20. The van der Waals surface area contributed by atoms with E-state index in [9.17, 15) is 8.78 Å². The zero-order valence-electron chi connectivity index (χ0n) is 11.5. The summed E-state index contributed by atoms with van der Waals surface area (Å²) in [6, 6.07) is 10.6. The number of benzene rings is 2. The van der Waals surface area contributed by atoms with Crippen molar-refractivity contribution in [2.75, 3.05) is 7.05 Å². The van der Waals surface area contributed by atoms with E-state index in [4.69, 9.17) is 0 Å². The molecule has 0 bridgehead atoms. The summed E-state index contributed by atoms with van der Waals surface area (Å²) in [6.07, 6.45) is 0. The summed E-state index contributed by atoms with van der Waals surface area (Å²) in [6.45, 7) is 2.45. The first-order valence-electron chi connectivity index (χ1n) is 6.41. The molecule has 106 valence electrons. The molecule has 0 fully saturated rings. The van der Waals surface area contributed by atoms with Crippen molar-refractivity contribution in [1.29, 1.82) is 0 Å². The van der Waals surface area contributed by atoms with E-state index in [1.807, 2.05) is 31.2 Å². The molecule has 0 aliphatic rings. The summed E-state index contributed by atoms with van der Waals surface area (Å²) in [5.41, 5.74) is 2.84. The Balaban J connectivity index is 2.16. The average molecular weight is 293 g/mol. The molecule has 0 heterocycles. The quantitative estimate of drug-likeness (QED) is 0.826. The van der Waals surface area contributed by atoms with Crippen LogP contribution in [-0.2, 0) is 12.3 Å². The monoisotopic (exact) mass is 293 g/mol. The van der Waals surface area contributed by atoms with E-state index in [0.29, 0.717) is 17.9 Å². The van der Waals surface area contributed by atoms with Crippen LogP contribution in [0.25, 0.3) is 0 Å². The van der Waals surface area contributed by atoms with Gasteiger partial charge in [0, 0.05) is 12.3 Å². The molecule has 0 saturated heterocycles. The Morgan fingerprint density at radius 3 is 2.35 bits per heavy atom. The van der Waals surface area contributed by atoms with E-state index >= 15 is 0 Å². The van der Waals surface area contributed by atoms with Crippen molar-refractivity contribution in [2.45, 2.75) is 24.1 Å². The van der Waals surface area contributed by atoms with E-state index in [1.165, 1.54) is 23.9 Å². The van der Waals surface area contributed by atoms with Gasteiger partial charge in [0.1, 0.15) is 11.6 Å². The van der Waals surface area contributed by atoms with Crippen LogP contribution in [0.15, 0.2) is 41.3 Å². The summed E-state index contributed by atoms with van der Waals surface area (Å²) in [5, 5.41) is 2.88. The van der Waals surface area contributed by atoms with Crippen molar-refractivity contribution >= 4 is 11.8 Å². The van der Waals surface area contributed by atoms with Gasteiger partial charge >= 0.3 is 0 Å². The molecule has 1 N–H and O–H groups in total. The molecule has 2 rings (SSSR count). The second-order valence-corrected chi connectivity index (χ2v) is 5.62. The van der Waals surface area contributed by atoms with Crippen LogP contribution in [0.2, 0.25) is 0 Å². The van der Waals surface area contributed by atoms with Gasteiger partial charge in [-0.15, -0.1) is 11.8 Å². The number of thioether (sulfide) groups is 1. The van der Waals surface area contributed by atoms with Crippen LogP contribution in [0.1, 0.15) is 16.7 Å². The van der Waals surface area contributed by atoms with Crippen LogP contribution in [0.4, 0.5) is 8.78 Å². The Kier molecular flexibility index (Phi) is 5.15. The minimum atomic E-state index is -0.492. The van der Waals surface area contributed by atoms with Crippen LogP contribution in [0.3, 0.4) is 0 Å². The van der Waals surface area contributed by atoms with Gasteiger partial charge in [0.25, 0.3) is 0 Å². The molecule has 1 nitrogen and oxygen atoms in total. The molecule has 20 heavy (non-hydrogen) atoms. The fourth-order valence-electron chi connectivity index (χ4n) is 1.98. The fourth-order valence-corrected chi connectivity index (χ4v) is 3.00. The van der Waals surface area contributed by atoms with E-state index in [0.717, 1.165) is 11.1 Å². The number of hydrogen-bond acceptors (Lipinski definition) is 2. The summed E-state index contributed by atoms with van der Waals surface area (Å²) in [5.74, 6) is -0.422. The maximum absolute atomic E-state index is 13.9. The third kappa shape index (κ3) is 3.58. The second kappa shape index (κ2) is 6.86. The lowest BCUT2D eigenvalue weighted by Crippen LogP contribution is -2.06. The predicted octanol–water partition coefficient (Wildman–Crippen LogP) is 4.28. The van der Waals surface area contributed by atoms with Crippen molar-refractivity contribution in [1.82, 2.24) is 5.32 Å². The molecule has 0 unspecified atom stereocenters. The van der Waals surface area contributed by atoms with Crippen LogP contribution in [-0.4, -0.2) is 7.05 Å². The highest BCUT2D eigenvalue weighted by Gasteiger charge is 2.12. The van der Waals surface area contributed by atoms with Gasteiger partial charge in [0.2, 0.25) is 0 Å². The van der Waals surface area contributed by atoms with Gasteiger partial charge in [-0.25, -0.2) is 8.78 Å². The smallest absolute Gasteiger partial charge is 0.140 e. The first kappa shape index (κ1) is 15.0. The van der Waals surface area contributed by atoms with Crippen LogP contribution < -0.4 is 5.32 Å². The highest BCUT2D eigenvalue weighted by atomic mass is 32.2. The number of halogens is 2. The van der Waals surface area contributed by atoms with Crippen molar-refractivity contribution in [3.05, 3.63) is 64.7 Å². The molecule has 0 aliphatic heterocycles. The molecule has 0 aliphatic carbocycles. The Morgan fingerprint density at radius 2 is 1.75 bits per heavy atom. The average Bonchev–Trinajstić information content (AvgIpc) is 2.40. The Labute approximate surface area is 122 Å².